The molecule has 0 fully saturated rings. The Kier molecular flexibility index (Phi) is 2.48. The monoisotopic (exact) mass is 224 g/mol. The van der Waals surface area contributed by atoms with E-state index in [1.807, 2.05) is 0 Å². The SMILES string of the molecule is CN1C[C@H](c2ccccc2)Nc2ccccc21. The third-order valence-corrected chi connectivity index (χ3v) is 3.30. The van der Waals surface area contributed by atoms with Crippen LogP contribution in [-0.2, 0) is 0 Å². The number of hydrogen-bond acceptors (Lipinski definition) is 2. The van der Waals surface area contributed by atoms with E-state index in [-0.39, 0.29) is 0 Å². The molecule has 1 N–H and O–H groups in total. The quantitative estimate of drug-likeness (QED) is 0.799. The van der Waals surface area contributed by atoms with Crippen LogP contribution in [0.5, 0.6) is 0 Å². The topological polar surface area (TPSA) is 15.3 Å². The highest BCUT2D eigenvalue weighted by Crippen LogP contribution is 2.34. The molecule has 0 aromatic heterocycles. The molecule has 0 bridgehead atoms. The van der Waals surface area contributed by atoms with Crippen molar-refractivity contribution < 1.29 is 0 Å². The highest BCUT2D eigenvalue weighted by molar-refractivity contribution is 5.72. The Labute approximate surface area is 102 Å². The molecule has 0 amide bonds. The number of nitrogens with zero attached hydrogens (tertiary/aromatic N) is 1. The number of anilines is 2. The van der Waals surface area contributed by atoms with E-state index >= 15 is 0 Å². The Morgan fingerprint density at radius 3 is 2.53 bits per heavy atom. The first kappa shape index (κ1) is 10.2. The predicted octanol–water partition coefficient (Wildman–Crippen LogP) is 3.29. The summed E-state index contributed by atoms with van der Waals surface area (Å²) in [5.74, 6) is 0. The molecular weight excluding hydrogens is 208 g/mol. The number of fused-ring (bicyclic) bond motifs is 1. The fourth-order valence-corrected chi connectivity index (χ4v) is 2.41. The van der Waals surface area contributed by atoms with Gasteiger partial charge in [-0.05, 0) is 17.7 Å². The maximum atomic E-state index is 3.60. The van der Waals surface area contributed by atoms with Gasteiger partial charge in [-0.1, -0.05) is 42.5 Å². The first-order valence-electron chi connectivity index (χ1n) is 5.96. The molecule has 0 aliphatic carbocycles. The minimum atomic E-state index is 0.371. The summed E-state index contributed by atoms with van der Waals surface area (Å²) in [6.07, 6.45) is 0. The van der Waals surface area contributed by atoms with Gasteiger partial charge in [-0.15, -0.1) is 0 Å². The lowest BCUT2D eigenvalue weighted by Crippen LogP contribution is -2.33. The molecule has 0 radical (unpaired) electrons. The molecule has 1 heterocycles. The van der Waals surface area contributed by atoms with Crippen molar-refractivity contribution in [3.05, 3.63) is 60.2 Å². The average molecular weight is 224 g/mol. The van der Waals surface area contributed by atoms with Gasteiger partial charge in [0.25, 0.3) is 0 Å². The highest BCUT2D eigenvalue weighted by atomic mass is 15.2. The molecule has 17 heavy (non-hydrogen) atoms. The van der Waals surface area contributed by atoms with Gasteiger partial charge in [0.15, 0.2) is 0 Å². The molecule has 0 unspecified atom stereocenters. The van der Waals surface area contributed by atoms with Crippen molar-refractivity contribution in [2.75, 3.05) is 23.8 Å². The number of benzene rings is 2. The van der Waals surface area contributed by atoms with Gasteiger partial charge in [-0.25, -0.2) is 0 Å². The molecule has 3 rings (SSSR count). The third-order valence-electron chi connectivity index (χ3n) is 3.30. The first-order chi connectivity index (χ1) is 8.34. The zero-order valence-corrected chi connectivity index (χ0v) is 9.93. The summed E-state index contributed by atoms with van der Waals surface area (Å²) in [5.41, 5.74) is 3.84. The first-order valence-corrected chi connectivity index (χ1v) is 5.96. The van der Waals surface area contributed by atoms with Gasteiger partial charge in [0, 0.05) is 13.6 Å². The summed E-state index contributed by atoms with van der Waals surface area (Å²) in [6.45, 7) is 1.00. The standard InChI is InChI=1S/C15H16N2/c1-17-11-14(12-7-3-2-4-8-12)16-13-9-5-6-10-15(13)17/h2-10,14,16H,11H2,1H3/t14-/m1/s1. The molecule has 2 heteroatoms. The zero-order chi connectivity index (χ0) is 11.7. The van der Waals surface area contributed by atoms with Crippen LogP contribution < -0.4 is 10.2 Å². The van der Waals surface area contributed by atoms with Gasteiger partial charge in [-0.3, -0.25) is 0 Å². The van der Waals surface area contributed by atoms with Crippen molar-refractivity contribution in [3.8, 4) is 0 Å². The van der Waals surface area contributed by atoms with Gasteiger partial charge >= 0.3 is 0 Å². The Balaban J connectivity index is 1.94. The van der Waals surface area contributed by atoms with Crippen LogP contribution in [-0.4, -0.2) is 13.6 Å². The third kappa shape index (κ3) is 1.86. The van der Waals surface area contributed by atoms with Crippen molar-refractivity contribution in [2.45, 2.75) is 6.04 Å². The lowest BCUT2D eigenvalue weighted by Gasteiger charge is -2.35. The van der Waals surface area contributed by atoms with Crippen molar-refractivity contribution >= 4 is 11.4 Å². The van der Waals surface area contributed by atoms with Crippen molar-refractivity contribution in [2.24, 2.45) is 0 Å². The second-order valence-electron chi connectivity index (χ2n) is 4.51. The van der Waals surface area contributed by atoms with Gasteiger partial charge in [-0.2, -0.15) is 0 Å². The molecular formula is C15H16N2. The molecule has 0 saturated heterocycles. The number of nitrogens with one attached hydrogen (secondary N) is 1. The summed E-state index contributed by atoms with van der Waals surface area (Å²) >= 11 is 0. The van der Waals surface area contributed by atoms with Crippen molar-refractivity contribution in [1.29, 1.82) is 0 Å². The van der Waals surface area contributed by atoms with Crippen molar-refractivity contribution in [3.63, 3.8) is 0 Å². The van der Waals surface area contributed by atoms with Crippen molar-refractivity contribution in [1.82, 2.24) is 0 Å². The van der Waals surface area contributed by atoms with E-state index in [0.29, 0.717) is 6.04 Å². The summed E-state index contributed by atoms with van der Waals surface area (Å²) in [4.78, 5) is 2.31. The molecule has 2 aromatic rings. The molecule has 2 aromatic carbocycles. The smallest absolute Gasteiger partial charge is 0.0689 e. The normalized spacial score (nSPS) is 18.4. The molecule has 0 spiro atoms. The number of likely N-dealkylation sites (N-methyl/N-ethyl adjacent to an activating group) is 1. The molecule has 86 valence electrons. The van der Waals surface area contributed by atoms with Gasteiger partial charge in [0.05, 0.1) is 17.4 Å². The van der Waals surface area contributed by atoms with Crippen LogP contribution in [0.15, 0.2) is 54.6 Å². The van der Waals surface area contributed by atoms with Crippen LogP contribution in [0.4, 0.5) is 11.4 Å². The molecule has 2 nitrogen and oxygen atoms in total. The number of para-hydroxylation sites is 2. The maximum Gasteiger partial charge on any atom is 0.0689 e. The van der Waals surface area contributed by atoms with Gasteiger partial charge < -0.3 is 10.2 Å². The Bertz CT molecular complexity index is 507. The van der Waals surface area contributed by atoms with E-state index in [2.05, 4.69) is 71.9 Å². The van der Waals surface area contributed by atoms with E-state index in [1.54, 1.807) is 0 Å². The molecule has 1 aliphatic heterocycles. The van der Waals surface area contributed by atoms with Crippen LogP contribution in [0.2, 0.25) is 0 Å². The van der Waals surface area contributed by atoms with E-state index in [0.717, 1.165) is 6.54 Å². The van der Waals surface area contributed by atoms with Crippen LogP contribution in [0.1, 0.15) is 11.6 Å². The molecule has 1 atom stereocenters. The highest BCUT2D eigenvalue weighted by Gasteiger charge is 2.21. The maximum absolute atomic E-state index is 3.60. The second kappa shape index (κ2) is 4.13. The zero-order valence-electron chi connectivity index (χ0n) is 9.93. The van der Waals surface area contributed by atoms with Crippen LogP contribution in [0.25, 0.3) is 0 Å². The lowest BCUT2D eigenvalue weighted by atomic mass is 10.0. The average Bonchev–Trinajstić information content (AvgIpc) is 2.40. The van der Waals surface area contributed by atoms with Gasteiger partial charge in [0.2, 0.25) is 0 Å². The molecule has 0 saturated carbocycles. The van der Waals surface area contributed by atoms with Crippen LogP contribution in [0, 0.1) is 0 Å². The summed E-state index contributed by atoms with van der Waals surface area (Å²) in [6, 6.07) is 19.4. The summed E-state index contributed by atoms with van der Waals surface area (Å²) in [5, 5.41) is 3.60. The second-order valence-corrected chi connectivity index (χ2v) is 4.51. The summed E-state index contributed by atoms with van der Waals surface area (Å²) in [7, 11) is 2.15. The summed E-state index contributed by atoms with van der Waals surface area (Å²) < 4.78 is 0. The predicted molar refractivity (Wildman–Crippen MR) is 72.5 cm³/mol. The number of rotatable bonds is 1. The Hall–Kier alpha value is -1.96. The lowest BCUT2D eigenvalue weighted by molar-refractivity contribution is 0.725. The fraction of sp³-hybridized carbons (Fsp3) is 0.200. The van der Waals surface area contributed by atoms with E-state index in [9.17, 15) is 0 Å². The molecule has 1 aliphatic rings. The number of hydrogen-bond donors (Lipinski definition) is 1. The Morgan fingerprint density at radius 1 is 1.00 bits per heavy atom. The largest absolute Gasteiger partial charge is 0.375 e. The van der Waals surface area contributed by atoms with E-state index in [1.165, 1.54) is 16.9 Å². The van der Waals surface area contributed by atoms with E-state index in [4.69, 9.17) is 0 Å². The van der Waals surface area contributed by atoms with Crippen LogP contribution in [0.3, 0.4) is 0 Å². The minimum absolute atomic E-state index is 0.371. The minimum Gasteiger partial charge on any atom is -0.375 e. The van der Waals surface area contributed by atoms with E-state index < -0.39 is 0 Å². The fourth-order valence-electron chi connectivity index (χ4n) is 2.41. The van der Waals surface area contributed by atoms with Gasteiger partial charge in [0.1, 0.15) is 0 Å². The van der Waals surface area contributed by atoms with Crippen LogP contribution >= 0.6 is 0 Å². The Morgan fingerprint density at radius 2 is 1.71 bits per heavy atom.